The summed E-state index contributed by atoms with van der Waals surface area (Å²) >= 11 is 1.56. The Bertz CT molecular complexity index is 1760. The second-order valence-corrected chi connectivity index (χ2v) is 11.9. The van der Waals surface area contributed by atoms with E-state index in [1.165, 1.54) is 0 Å². The number of ether oxygens (including phenoxy) is 1. The van der Waals surface area contributed by atoms with Gasteiger partial charge in [-0.25, -0.2) is 8.42 Å². The first kappa shape index (κ1) is 24.3. The Hall–Kier alpha value is -4.07. The minimum absolute atomic E-state index is 0.195. The first-order chi connectivity index (χ1) is 18.4. The van der Waals surface area contributed by atoms with Crippen LogP contribution in [0, 0.1) is 13.8 Å². The Morgan fingerprint density at radius 2 is 1.39 bits per heavy atom. The lowest BCUT2D eigenvalue weighted by molar-refractivity contribution is -0.609. The van der Waals surface area contributed by atoms with Crippen molar-refractivity contribution in [2.75, 3.05) is 4.72 Å². The van der Waals surface area contributed by atoms with Crippen LogP contribution >= 0.6 is 11.8 Å². The molecule has 5 aromatic rings. The lowest BCUT2D eigenvalue weighted by Gasteiger charge is -2.20. The molecule has 0 bridgehead atoms. The summed E-state index contributed by atoms with van der Waals surface area (Å²) in [6.45, 7) is 4.06. The van der Waals surface area contributed by atoms with Gasteiger partial charge in [-0.1, -0.05) is 60.3 Å². The summed E-state index contributed by atoms with van der Waals surface area (Å²) in [5, 5.41) is 0. The molecule has 1 N–H and O–H groups in total. The average Bonchev–Trinajstić information content (AvgIpc) is 2.92. The van der Waals surface area contributed by atoms with E-state index in [0.717, 1.165) is 43.7 Å². The van der Waals surface area contributed by atoms with Gasteiger partial charge < -0.3 is 4.74 Å². The molecule has 2 heterocycles. The summed E-state index contributed by atoms with van der Waals surface area (Å²) in [4.78, 5) is 2.05. The Morgan fingerprint density at radius 3 is 2.18 bits per heavy atom. The van der Waals surface area contributed by atoms with E-state index in [-0.39, 0.29) is 4.90 Å². The van der Waals surface area contributed by atoms with E-state index in [1.807, 2.05) is 68.4 Å². The van der Waals surface area contributed by atoms with Crippen molar-refractivity contribution in [3.63, 3.8) is 0 Å². The Labute approximate surface area is 226 Å². The predicted molar refractivity (Wildman–Crippen MR) is 151 cm³/mol. The number of aromatic nitrogens is 1. The van der Waals surface area contributed by atoms with E-state index in [1.54, 1.807) is 42.1 Å². The second-order valence-electron chi connectivity index (χ2n) is 9.14. The molecular formula is C31H25N2O3S2+. The molecule has 0 fully saturated rings. The molecule has 6 rings (SSSR count). The van der Waals surface area contributed by atoms with Gasteiger partial charge in [-0.15, -0.1) is 0 Å². The van der Waals surface area contributed by atoms with Crippen LogP contribution in [0.15, 0.2) is 124 Å². The molecule has 1 aromatic heterocycles. The first-order valence-corrected chi connectivity index (χ1v) is 14.5. The quantitative estimate of drug-likeness (QED) is 0.234. The van der Waals surface area contributed by atoms with Crippen LogP contribution in [0.2, 0.25) is 0 Å². The van der Waals surface area contributed by atoms with Gasteiger partial charge >= 0.3 is 0 Å². The molecule has 5 nitrogen and oxygen atoms in total. The number of sulfonamides is 1. The van der Waals surface area contributed by atoms with Crippen molar-refractivity contribution in [2.24, 2.45) is 0 Å². The van der Waals surface area contributed by atoms with Gasteiger partial charge in [0.1, 0.15) is 11.5 Å². The van der Waals surface area contributed by atoms with Crippen molar-refractivity contribution in [1.82, 2.24) is 0 Å². The minimum atomic E-state index is -3.82. The van der Waals surface area contributed by atoms with Crippen LogP contribution in [0.1, 0.15) is 11.4 Å². The van der Waals surface area contributed by atoms with Gasteiger partial charge in [-0.3, -0.25) is 4.72 Å². The normalized spacial score (nSPS) is 12.3. The fourth-order valence-corrected chi connectivity index (χ4v) is 6.78. The summed E-state index contributed by atoms with van der Waals surface area (Å²) in [6.07, 6.45) is 0. The molecule has 38 heavy (non-hydrogen) atoms. The van der Waals surface area contributed by atoms with Gasteiger partial charge in [-0.2, -0.15) is 4.57 Å². The van der Waals surface area contributed by atoms with Crippen molar-refractivity contribution in [3.05, 3.63) is 121 Å². The van der Waals surface area contributed by atoms with Crippen molar-refractivity contribution in [2.45, 2.75) is 28.5 Å². The molecule has 0 spiro atoms. The van der Waals surface area contributed by atoms with E-state index in [2.05, 4.69) is 33.6 Å². The molecule has 0 saturated heterocycles. The predicted octanol–water partition coefficient (Wildman–Crippen LogP) is 7.30. The van der Waals surface area contributed by atoms with Crippen molar-refractivity contribution in [3.8, 4) is 28.3 Å². The van der Waals surface area contributed by atoms with E-state index < -0.39 is 10.0 Å². The summed E-state index contributed by atoms with van der Waals surface area (Å²) in [7, 11) is -3.82. The molecule has 0 aliphatic carbocycles. The number of nitrogens with one attached hydrogen (secondary N) is 1. The molecule has 0 unspecified atom stereocenters. The third-order valence-corrected chi connectivity index (χ3v) is 8.89. The van der Waals surface area contributed by atoms with E-state index in [4.69, 9.17) is 4.74 Å². The standard InChI is InChI=1S/C31H25N2O3S2/c1-21-17-24(23-9-4-3-5-10-23)18-22(2)33(21)26-11-8-12-27(20-26)38(34,35)32-25-15-16-29-31(19-25)37-30-14-7-6-13-28(30)36-29/h3-20,32H,1-2H3/q+1. The fourth-order valence-electron chi connectivity index (χ4n) is 4.70. The lowest BCUT2D eigenvalue weighted by Crippen LogP contribution is -2.37. The topological polar surface area (TPSA) is 59.3 Å². The SMILES string of the molecule is Cc1cc(-c2ccccc2)cc(C)[n+]1-c1cccc(S(=O)(=O)Nc2ccc3c(c2)Sc2ccccc2O3)c1. The molecule has 0 saturated carbocycles. The lowest BCUT2D eigenvalue weighted by atomic mass is 10.0. The number of hydrogen-bond acceptors (Lipinski definition) is 4. The van der Waals surface area contributed by atoms with Crippen molar-refractivity contribution < 1.29 is 17.7 Å². The molecule has 1 aliphatic heterocycles. The number of nitrogens with zero attached hydrogens (tertiary/aromatic N) is 1. The van der Waals surface area contributed by atoms with Gasteiger partial charge in [0.25, 0.3) is 10.0 Å². The maximum absolute atomic E-state index is 13.4. The monoisotopic (exact) mass is 537 g/mol. The fraction of sp³-hybridized carbons (Fsp3) is 0.0645. The Kier molecular flexibility index (Phi) is 6.18. The van der Waals surface area contributed by atoms with Crippen LogP contribution in [0.4, 0.5) is 5.69 Å². The van der Waals surface area contributed by atoms with Gasteiger partial charge in [0.05, 0.1) is 20.4 Å². The Morgan fingerprint density at radius 1 is 0.684 bits per heavy atom. The molecular weight excluding hydrogens is 512 g/mol. The average molecular weight is 538 g/mol. The minimum Gasteiger partial charge on any atom is -0.455 e. The number of fused-ring (bicyclic) bond motifs is 2. The Balaban J connectivity index is 1.29. The third kappa shape index (κ3) is 4.66. The summed E-state index contributed by atoms with van der Waals surface area (Å²) in [6, 6.07) is 34.6. The number of pyridine rings is 1. The molecule has 0 amide bonds. The van der Waals surface area contributed by atoms with Gasteiger partial charge in [0.15, 0.2) is 11.4 Å². The van der Waals surface area contributed by atoms with Crippen LogP contribution in [0.5, 0.6) is 11.5 Å². The molecule has 188 valence electrons. The third-order valence-electron chi connectivity index (χ3n) is 6.41. The van der Waals surface area contributed by atoms with E-state index in [9.17, 15) is 8.42 Å². The largest absolute Gasteiger partial charge is 0.455 e. The second kappa shape index (κ2) is 9.67. The zero-order valence-electron chi connectivity index (χ0n) is 20.9. The highest BCUT2D eigenvalue weighted by atomic mass is 32.2. The van der Waals surface area contributed by atoms with Crippen LogP contribution in [0.25, 0.3) is 16.8 Å². The zero-order chi connectivity index (χ0) is 26.3. The number of benzene rings is 4. The van der Waals surface area contributed by atoms with Crippen molar-refractivity contribution in [1.29, 1.82) is 0 Å². The van der Waals surface area contributed by atoms with E-state index in [0.29, 0.717) is 11.4 Å². The smallest absolute Gasteiger partial charge is 0.262 e. The van der Waals surface area contributed by atoms with E-state index >= 15 is 0 Å². The maximum atomic E-state index is 13.4. The number of rotatable bonds is 5. The van der Waals surface area contributed by atoms with Crippen molar-refractivity contribution >= 4 is 27.5 Å². The van der Waals surface area contributed by atoms with Crippen LogP contribution in [-0.4, -0.2) is 8.42 Å². The number of hydrogen-bond donors (Lipinski definition) is 1. The highest BCUT2D eigenvalue weighted by molar-refractivity contribution is 7.99. The van der Waals surface area contributed by atoms with Gasteiger partial charge in [-0.05, 0) is 47.5 Å². The van der Waals surface area contributed by atoms with Crippen LogP contribution in [-0.2, 0) is 10.0 Å². The van der Waals surface area contributed by atoms with Gasteiger partial charge in [0, 0.05) is 38.1 Å². The number of anilines is 1. The summed E-state index contributed by atoms with van der Waals surface area (Å²) < 4.78 is 37.6. The maximum Gasteiger partial charge on any atom is 0.262 e. The molecule has 0 radical (unpaired) electrons. The van der Waals surface area contributed by atoms with Crippen LogP contribution < -0.4 is 14.0 Å². The first-order valence-electron chi connectivity index (χ1n) is 12.2. The van der Waals surface area contributed by atoms with Crippen LogP contribution in [0.3, 0.4) is 0 Å². The molecule has 4 aromatic carbocycles. The summed E-state index contributed by atoms with van der Waals surface area (Å²) in [5.74, 6) is 1.51. The zero-order valence-corrected chi connectivity index (χ0v) is 22.5. The summed E-state index contributed by atoms with van der Waals surface area (Å²) in [5.41, 5.74) is 5.56. The number of aryl methyl sites for hydroxylation is 2. The highest BCUT2D eigenvalue weighted by Crippen LogP contribution is 2.47. The number of para-hydroxylation sites is 1. The molecule has 0 atom stereocenters. The highest BCUT2D eigenvalue weighted by Gasteiger charge is 2.23. The molecule has 1 aliphatic rings. The van der Waals surface area contributed by atoms with Gasteiger partial charge in [0.2, 0.25) is 5.69 Å². The molecule has 7 heteroatoms.